The number of rotatable bonds is 12. The van der Waals surface area contributed by atoms with Crippen molar-refractivity contribution >= 4 is 11.4 Å². The quantitative estimate of drug-likeness (QED) is 0.268. The summed E-state index contributed by atoms with van der Waals surface area (Å²) in [6.45, 7) is 5.20. The van der Waals surface area contributed by atoms with Crippen molar-refractivity contribution in [3.05, 3.63) is 131 Å². The maximum atomic E-state index is 9.59. The highest BCUT2D eigenvalue weighted by Gasteiger charge is 2.13. The first-order chi connectivity index (χ1) is 17.7. The lowest BCUT2D eigenvalue weighted by Gasteiger charge is -2.25. The highest BCUT2D eigenvalue weighted by molar-refractivity contribution is 5.52. The largest absolute Gasteiger partial charge is 0.395 e. The molecule has 186 valence electrons. The second-order valence-corrected chi connectivity index (χ2v) is 9.17. The third kappa shape index (κ3) is 6.75. The van der Waals surface area contributed by atoms with Gasteiger partial charge in [0, 0.05) is 43.5 Å². The number of hydrogen-bond donors (Lipinski definition) is 2. The smallest absolute Gasteiger partial charge is 0.0606 e. The van der Waals surface area contributed by atoms with Crippen molar-refractivity contribution in [2.24, 2.45) is 0 Å². The van der Waals surface area contributed by atoms with E-state index in [0.29, 0.717) is 13.1 Å². The van der Waals surface area contributed by atoms with Gasteiger partial charge in [-0.2, -0.15) is 0 Å². The average molecular weight is 481 g/mol. The van der Waals surface area contributed by atoms with Crippen LogP contribution in [0.25, 0.3) is 0 Å². The third-order valence-corrected chi connectivity index (χ3v) is 6.69. The Kier molecular flexibility index (Phi) is 9.15. The number of aliphatic hydroxyl groups is 2. The van der Waals surface area contributed by atoms with Gasteiger partial charge in [0.15, 0.2) is 0 Å². The first-order valence-corrected chi connectivity index (χ1v) is 12.7. The fourth-order valence-electron chi connectivity index (χ4n) is 4.59. The maximum Gasteiger partial charge on any atom is 0.0606 e. The maximum absolute atomic E-state index is 9.59. The van der Waals surface area contributed by atoms with Crippen molar-refractivity contribution in [1.29, 1.82) is 0 Å². The minimum Gasteiger partial charge on any atom is -0.395 e. The van der Waals surface area contributed by atoms with Crippen LogP contribution in [-0.2, 0) is 13.1 Å². The molecular weight excluding hydrogens is 444 g/mol. The molecule has 4 heteroatoms. The van der Waals surface area contributed by atoms with E-state index in [1.807, 2.05) is 36.4 Å². The molecule has 0 atom stereocenters. The van der Waals surface area contributed by atoms with Gasteiger partial charge in [-0.25, -0.2) is 0 Å². The van der Waals surface area contributed by atoms with Crippen LogP contribution in [0.15, 0.2) is 109 Å². The zero-order chi connectivity index (χ0) is 25.2. The zero-order valence-corrected chi connectivity index (χ0v) is 21.0. The van der Waals surface area contributed by atoms with Gasteiger partial charge in [0.25, 0.3) is 0 Å². The van der Waals surface area contributed by atoms with E-state index in [4.69, 9.17) is 0 Å². The average Bonchev–Trinajstić information content (AvgIpc) is 2.93. The third-order valence-electron chi connectivity index (χ3n) is 6.69. The lowest BCUT2D eigenvalue weighted by Crippen LogP contribution is -2.26. The van der Waals surface area contributed by atoms with Crippen molar-refractivity contribution in [3.8, 4) is 0 Å². The van der Waals surface area contributed by atoms with E-state index in [1.165, 1.54) is 22.3 Å². The van der Waals surface area contributed by atoms with Crippen molar-refractivity contribution in [2.45, 2.75) is 25.9 Å². The summed E-state index contributed by atoms with van der Waals surface area (Å²) >= 11 is 0. The Hall–Kier alpha value is -3.60. The van der Waals surface area contributed by atoms with Crippen LogP contribution in [-0.4, -0.2) is 36.5 Å². The summed E-state index contributed by atoms with van der Waals surface area (Å²) < 4.78 is 0. The van der Waals surface area contributed by atoms with Crippen LogP contribution >= 0.6 is 0 Å². The fourth-order valence-corrected chi connectivity index (χ4v) is 4.59. The van der Waals surface area contributed by atoms with E-state index in [2.05, 4.69) is 89.5 Å². The van der Waals surface area contributed by atoms with Crippen LogP contribution in [0.2, 0.25) is 0 Å². The fraction of sp³-hybridized carbons (Fsp3) is 0.250. The summed E-state index contributed by atoms with van der Waals surface area (Å²) in [5.41, 5.74) is 7.19. The molecule has 0 unspecified atom stereocenters. The molecule has 0 heterocycles. The van der Waals surface area contributed by atoms with Crippen LogP contribution in [0.1, 0.15) is 35.1 Å². The Morgan fingerprint density at radius 2 is 0.889 bits per heavy atom. The Morgan fingerprint density at radius 1 is 0.528 bits per heavy atom. The summed E-state index contributed by atoms with van der Waals surface area (Å²) in [5, 5.41) is 19.2. The molecule has 0 aliphatic rings. The lowest BCUT2D eigenvalue weighted by atomic mass is 9.92. The molecule has 0 aliphatic carbocycles. The molecule has 4 aromatic carbocycles. The summed E-state index contributed by atoms with van der Waals surface area (Å²) in [4.78, 5) is 4.42. The number of hydrogen-bond acceptors (Lipinski definition) is 4. The van der Waals surface area contributed by atoms with E-state index < -0.39 is 0 Å². The lowest BCUT2D eigenvalue weighted by molar-refractivity contribution is 0.301. The van der Waals surface area contributed by atoms with E-state index in [-0.39, 0.29) is 19.1 Å². The Morgan fingerprint density at radius 3 is 1.22 bits per heavy atom. The standard InChI is InChI=1S/C32H36N2O2/c1-26(29-12-16-31(17-13-29)33(20-22-35)24-27-8-4-2-5-9-27)30-14-18-32(19-15-30)34(21-23-36)25-28-10-6-3-7-11-28/h2-19,26,35-36H,20-25H2,1H3. The van der Waals surface area contributed by atoms with Gasteiger partial charge >= 0.3 is 0 Å². The topological polar surface area (TPSA) is 46.9 Å². The molecule has 0 spiro atoms. The van der Waals surface area contributed by atoms with Crippen LogP contribution in [0, 0.1) is 0 Å². The van der Waals surface area contributed by atoms with E-state index in [1.54, 1.807) is 0 Å². The minimum absolute atomic E-state index is 0.120. The molecule has 0 saturated heterocycles. The Bertz CT molecular complexity index is 1070. The van der Waals surface area contributed by atoms with E-state index >= 15 is 0 Å². The highest BCUT2D eigenvalue weighted by Crippen LogP contribution is 2.29. The number of aliphatic hydroxyl groups excluding tert-OH is 2. The molecule has 0 aliphatic heterocycles. The molecule has 0 saturated carbocycles. The van der Waals surface area contributed by atoms with Crippen molar-refractivity contribution in [3.63, 3.8) is 0 Å². The molecule has 4 nitrogen and oxygen atoms in total. The molecule has 2 N–H and O–H groups in total. The normalized spacial score (nSPS) is 11.0. The number of benzene rings is 4. The van der Waals surface area contributed by atoms with Crippen LogP contribution < -0.4 is 9.80 Å². The van der Waals surface area contributed by atoms with Crippen LogP contribution in [0.3, 0.4) is 0 Å². The van der Waals surface area contributed by atoms with E-state index in [9.17, 15) is 10.2 Å². The predicted octanol–water partition coefficient (Wildman–Crippen LogP) is 5.84. The van der Waals surface area contributed by atoms with Gasteiger partial charge in [0.1, 0.15) is 0 Å². The zero-order valence-electron chi connectivity index (χ0n) is 21.0. The van der Waals surface area contributed by atoms with Crippen LogP contribution in [0.5, 0.6) is 0 Å². The Labute approximate surface area is 215 Å². The van der Waals surface area contributed by atoms with Crippen molar-refractivity contribution in [1.82, 2.24) is 0 Å². The number of anilines is 2. The second kappa shape index (κ2) is 12.9. The molecule has 0 radical (unpaired) electrons. The molecule has 0 amide bonds. The summed E-state index contributed by atoms with van der Waals surface area (Å²) in [5.74, 6) is 0.258. The minimum atomic E-state index is 0.120. The van der Waals surface area contributed by atoms with E-state index in [0.717, 1.165) is 24.5 Å². The summed E-state index contributed by atoms with van der Waals surface area (Å²) in [6, 6.07) is 38.1. The molecule has 4 aromatic rings. The van der Waals surface area contributed by atoms with Gasteiger partial charge < -0.3 is 20.0 Å². The summed E-state index contributed by atoms with van der Waals surface area (Å²) in [7, 11) is 0. The monoisotopic (exact) mass is 480 g/mol. The first kappa shape index (κ1) is 25.5. The van der Waals surface area contributed by atoms with Crippen molar-refractivity contribution < 1.29 is 10.2 Å². The number of nitrogens with zero attached hydrogens (tertiary/aromatic N) is 2. The molecule has 36 heavy (non-hydrogen) atoms. The SMILES string of the molecule is CC(c1ccc(N(CCO)Cc2ccccc2)cc1)c1ccc(N(CCO)Cc2ccccc2)cc1. The van der Waals surface area contributed by atoms with Gasteiger partial charge in [0.2, 0.25) is 0 Å². The van der Waals surface area contributed by atoms with Crippen LogP contribution in [0.4, 0.5) is 11.4 Å². The highest BCUT2D eigenvalue weighted by atomic mass is 16.3. The van der Waals surface area contributed by atoms with Gasteiger partial charge in [-0.15, -0.1) is 0 Å². The van der Waals surface area contributed by atoms with Gasteiger partial charge in [-0.05, 0) is 46.5 Å². The van der Waals surface area contributed by atoms with Crippen molar-refractivity contribution in [2.75, 3.05) is 36.1 Å². The van der Waals surface area contributed by atoms with Gasteiger partial charge in [-0.1, -0.05) is 91.9 Å². The summed E-state index contributed by atoms with van der Waals surface area (Å²) in [6.07, 6.45) is 0. The van der Waals surface area contributed by atoms with Gasteiger partial charge in [-0.3, -0.25) is 0 Å². The molecule has 0 fully saturated rings. The first-order valence-electron chi connectivity index (χ1n) is 12.7. The molecule has 0 bridgehead atoms. The second-order valence-electron chi connectivity index (χ2n) is 9.17. The van der Waals surface area contributed by atoms with Gasteiger partial charge in [0.05, 0.1) is 13.2 Å². The molecule has 0 aromatic heterocycles. The predicted molar refractivity (Wildman–Crippen MR) is 150 cm³/mol. The molecular formula is C32H36N2O2. The Balaban J connectivity index is 1.45. The molecule has 4 rings (SSSR count).